The number of aliphatic hydroxyl groups is 1. The van der Waals surface area contributed by atoms with Crippen molar-refractivity contribution in [1.29, 1.82) is 0 Å². The van der Waals surface area contributed by atoms with Gasteiger partial charge in [-0.3, -0.25) is 0 Å². The summed E-state index contributed by atoms with van der Waals surface area (Å²) in [5.74, 6) is 0.922. The Balaban J connectivity index is 1.92. The summed E-state index contributed by atoms with van der Waals surface area (Å²) in [7, 11) is 1.66. The van der Waals surface area contributed by atoms with E-state index in [1.54, 1.807) is 7.11 Å². The van der Waals surface area contributed by atoms with Crippen LogP contribution in [0, 0.1) is 5.92 Å². The van der Waals surface area contributed by atoms with Gasteiger partial charge in [0.15, 0.2) is 0 Å². The molecule has 0 fully saturated rings. The molecule has 0 bridgehead atoms. The molecular weight excluding hydrogens is 298 g/mol. The maximum atomic E-state index is 9.68. The van der Waals surface area contributed by atoms with Crippen LogP contribution in [-0.4, -0.2) is 18.8 Å². The van der Waals surface area contributed by atoms with Crippen molar-refractivity contribution < 1.29 is 9.84 Å². The molecule has 3 rings (SSSR count). The average molecular weight is 321 g/mol. The fraction of sp³-hybridized carbons (Fsp3) is 0.238. The van der Waals surface area contributed by atoms with Crippen LogP contribution in [0.25, 0.3) is 10.8 Å². The Hall–Kier alpha value is -2.52. The number of anilines is 1. The lowest BCUT2D eigenvalue weighted by Crippen LogP contribution is -2.21. The zero-order valence-corrected chi connectivity index (χ0v) is 14.1. The van der Waals surface area contributed by atoms with Gasteiger partial charge in [-0.25, -0.2) is 0 Å². The molecule has 0 aromatic heterocycles. The molecule has 0 spiro atoms. The molecule has 24 heavy (non-hydrogen) atoms. The summed E-state index contributed by atoms with van der Waals surface area (Å²) in [4.78, 5) is 0. The fourth-order valence-electron chi connectivity index (χ4n) is 2.93. The van der Waals surface area contributed by atoms with E-state index >= 15 is 0 Å². The molecule has 0 saturated heterocycles. The Bertz CT molecular complexity index is 798. The zero-order chi connectivity index (χ0) is 16.9. The van der Waals surface area contributed by atoms with Crippen LogP contribution >= 0.6 is 0 Å². The normalized spacial score (nSPS) is 13.5. The predicted octanol–water partition coefficient (Wildman–Crippen LogP) is 4.63. The second kappa shape index (κ2) is 7.37. The highest BCUT2D eigenvalue weighted by atomic mass is 16.5. The Kier molecular flexibility index (Phi) is 5.02. The maximum Gasteiger partial charge on any atom is 0.119 e. The van der Waals surface area contributed by atoms with Crippen molar-refractivity contribution in [2.45, 2.75) is 13.0 Å². The third-order valence-electron chi connectivity index (χ3n) is 4.40. The summed E-state index contributed by atoms with van der Waals surface area (Å²) in [5, 5.41) is 15.7. The van der Waals surface area contributed by atoms with E-state index in [1.807, 2.05) is 36.4 Å². The van der Waals surface area contributed by atoms with Gasteiger partial charge in [-0.2, -0.15) is 0 Å². The summed E-state index contributed by atoms with van der Waals surface area (Å²) in [5.41, 5.74) is 2.18. The topological polar surface area (TPSA) is 41.5 Å². The van der Waals surface area contributed by atoms with Crippen molar-refractivity contribution in [3.63, 3.8) is 0 Å². The molecule has 3 heteroatoms. The molecule has 124 valence electrons. The smallest absolute Gasteiger partial charge is 0.119 e. The van der Waals surface area contributed by atoms with Gasteiger partial charge >= 0.3 is 0 Å². The minimum Gasteiger partial charge on any atom is -0.497 e. The Morgan fingerprint density at radius 1 is 0.958 bits per heavy atom. The SMILES string of the molecule is COc1ccc(N[C@H](c2ccc3ccccc3c2)[C@H](C)CO)cc1. The van der Waals surface area contributed by atoms with E-state index in [0.29, 0.717) is 0 Å². The molecule has 0 heterocycles. The average Bonchev–Trinajstić information content (AvgIpc) is 2.65. The number of nitrogens with one attached hydrogen (secondary N) is 1. The van der Waals surface area contributed by atoms with Crippen molar-refractivity contribution in [1.82, 2.24) is 0 Å². The van der Waals surface area contributed by atoms with Gasteiger partial charge in [-0.05, 0) is 46.7 Å². The van der Waals surface area contributed by atoms with E-state index in [2.05, 4.69) is 42.6 Å². The molecule has 0 saturated carbocycles. The van der Waals surface area contributed by atoms with Crippen LogP contribution in [0.1, 0.15) is 18.5 Å². The largest absolute Gasteiger partial charge is 0.497 e. The van der Waals surface area contributed by atoms with Gasteiger partial charge in [0.2, 0.25) is 0 Å². The molecule has 2 atom stereocenters. The Morgan fingerprint density at radius 2 is 1.67 bits per heavy atom. The molecule has 0 aliphatic rings. The molecular formula is C21H23NO2. The highest BCUT2D eigenvalue weighted by Crippen LogP contribution is 2.29. The number of ether oxygens (including phenoxy) is 1. The van der Waals surface area contributed by atoms with E-state index in [9.17, 15) is 5.11 Å². The van der Waals surface area contributed by atoms with Crippen LogP contribution in [0.4, 0.5) is 5.69 Å². The van der Waals surface area contributed by atoms with Gasteiger partial charge in [0.1, 0.15) is 5.75 Å². The van der Waals surface area contributed by atoms with E-state index in [1.165, 1.54) is 16.3 Å². The standard InChI is InChI=1S/C21H23NO2/c1-15(14-23)21(22-19-9-11-20(24-2)12-10-19)18-8-7-16-5-3-4-6-17(16)13-18/h3-13,15,21-23H,14H2,1-2H3/t15-,21+/m1/s1. The van der Waals surface area contributed by atoms with Crippen molar-refractivity contribution in [2.24, 2.45) is 5.92 Å². The van der Waals surface area contributed by atoms with E-state index in [0.717, 1.165) is 11.4 Å². The van der Waals surface area contributed by atoms with Crippen LogP contribution in [0.5, 0.6) is 5.75 Å². The first-order chi connectivity index (χ1) is 11.7. The van der Waals surface area contributed by atoms with Gasteiger partial charge in [0, 0.05) is 18.2 Å². The van der Waals surface area contributed by atoms with Crippen LogP contribution in [0.3, 0.4) is 0 Å². The molecule has 0 aliphatic carbocycles. The van der Waals surface area contributed by atoms with Gasteiger partial charge in [0.05, 0.1) is 13.2 Å². The number of methoxy groups -OCH3 is 1. The third-order valence-corrected chi connectivity index (χ3v) is 4.40. The summed E-state index contributed by atoms with van der Waals surface area (Å²) < 4.78 is 5.21. The van der Waals surface area contributed by atoms with Gasteiger partial charge < -0.3 is 15.2 Å². The second-order valence-electron chi connectivity index (χ2n) is 6.12. The number of aliphatic hydroxyl groups excluding tert-OH is 1. The molecule has 2 N–H and O–H groups in total. The molecule has 3 aromatic rings. The number of rotatable bonds is 6. The Labute approximate surface area is 142 Å². The molecule has 3 aromatic carbocycles. The number of benzene rings is 3. The fourth-order valence-corrected chi connectivity index (χ4v) is 2.93. The number of hydrogen-bond acceptors (Lipinski definition) is 3. The molecule has 0 amide bonds. The summed E-state index contributed by atoms with van der Waals surface area (Å²) in [6.45, 7) is 2.18. The molecule has 0 radical (unpaired) electrons. The zero-order valence-electron chi connectivity index (χ0n) is 14.1. The van der Waals surface area contributed by atoms with E-state index in [-0.39, 0.29) is 18.6 Å². The second-order valence-corrected chi connectivity index (χ2v) is 6.12. The van der Waals surface area contributed by atoms with Crippen molar-refractivity contribution in [3.8, 4) is 5.75 Å². The highest BCUT2D eigenvalue weighted by Gasteiger charge is 2.19. The number of hydrogen-bond donors (Lipinski definition) is 2. The summed E-state index contributed by atoms with van der Waals surface area (Å²) in [6.07, 6.45) is 0. The number of fused-ring (bicyclic) bond motifs is 1. The monoisotopic (exact) mass is 321 g/mol. The van der Waals surface area contributed by atoms with E-state index < -0.39 is 0 Å². The molecule has 3 nitrogen and oxygen atoms in total. The molecule has 0 aliphatic heterocycles. The summed E-state index contributed by atoms with van der Waals surface area (Å²) >= 11 is 0. The van der Waals surface area contributed by atoms with E-state index in [4.69, 9.17) is 4.74 Å². The lowest BCUT2D eigenvalue weighted by atomic mass is 9.93. The minimum atomic E-state index is 0.0352. The van der Waals surface area contributed by atoms with Gasteiger partial charge in [-0.15, -0.1) is 0 Å². The quantitative estimate of drug-likeness (QED) is 0.695. The summed E-state index contributed by atoms with van der Waals surface area (Å²) in [6, 6.07) is 22.7. The van der Waals surface area contributed by atoms with Crippen molar-refractivity contribution >= 4 is 16.5 Å². The lowest BCUT2D eigenvalue weighted by Gasteiger charge is -2.26. The van der Waals surface area contributed by atoms with Crippen molar-refractivity contribution in [3.05, 3.63) is 72.3 Å². The van der Waals surface area contributed by atoms with Crippen LogP contribution in [0.15, 0.2) is 66.7 Å². The first kappa shape index (κ1) is 16.3. The maximum absolute atomic E-state index is 9.68. The van der Waals surface area contributed by atoms with Gasteiger partial charge in [-0.1, -0.05) is 43.3 Å². The molecule has 0 unspecified atom stereocenters. The van der Waals surface area contributed by atoms with Crippen LogP contribution in [0.2, 0.25) is 0 Å². The Morgan fingerprint density at radius 3 is 2.33 bits per heavy atom. The highest BCUT2D eigenvalue weighted by molar-refractivity contribution is 5.83. The van der Waals surface area contributed by atoms with Gasteiger partial charge in [0.25, 0.3) is 0 Å². The minimum absolute atomic E-state index is 0.0352. The first-order valence-corrected chi connectivity index (χ1v) is 8.21. The van der Waals surface area contributed by atoms with Crippen LogP contribution < -0.4 is 10.1 Å². The van der Waals surface area contributed by atoms with Crippen LogP contribution in [-0.2, 0) is 0 Å². The lowest BCUT2D eigenvalue weighted by molar-refractivity contribution is 0.222. The van der Waals surface area contributed by atoms with Crippen molar-refractivity contribution in [2.75, 3.05) is 19.0 Å². The predicted molar refractivity (Wildman–Crippen MR) is 99.6 cm³/mol. The third kappa shape index (κ3) is 3.52. The first-order valence-electron chi connectivity index (χ1n) is 8.21.